The zero-order valence-corrected chi connectivity index (χ0v) is 10.9. The Bertz CT molecular complexity index is 503. The molecule has 0 spiro atoms. The highest BCUT2D eigenvalue weighted by Crippen LogP contribution is 2.22. The Labute approximate surface area is 113 Å². The molecule has 0 saturated carbocycles. The van der Waals surface area contributed by atoms with Crippen molar-refractivity contribution in [1.82, 2.24) is 4.98 Å². The van der Waals surface area contributed by atoms with Crippen LogP contribution >= 0.6 is 0 Å². The number of nitrogens with one attached hydrogen (secondary N) is 1. The van der Waals surface area contributed by atoms with Gasteiger partial charge in [-0.3, -0.25) is 0 Å². The van der Waals surface area contributed by atoms with Crippen LogP contribution in [0, 0.1) is 0 Å². The molecule has 0 saturated heterocycles. The van der Waals surface area contributed by atoms with Gasteiger partial charge in [0.05, 0.1) is 6.61 Å². The standard InChI is InChI=1S/C15H18N2O2/c1-12(10-18)17-15-14(8-5-9-16-15)19-11-13-6-3-2-4-7-13/h2-9,12,18H,10-11H2,1H3,(H,16,17)/t12-/m1/s1. The van der Waals surface area contributed by atoms with Crippen LogP contribution in [-0.2, 0) is 6.61 Å². The number of ether oxygens (including phenoxy) is 1. The molecule has 0 fully saturated rings. The van der Waals surface area contributed by atoms with Crippen molar-refractivity contribution in [2.75, 3.05) is 11.9 Å². The average Bonchev–Trinajstić information content (AvgIpc) is 2.47. The van der Waals surface area contributed by atoms with Crippen molar-refractivity contribution in [2.24, 2.45) is 0 Å². The molecule has 0 unspecified atom stereocenters. The topological polar surface area (TPSA) is 54.4 Å². The molecule has 0 aliphatic heterocycles. The number of anilines is 1. The molecule has 1 aromatic heterocycles. The van der Waals surface area contributed by atoms with E-state index in [0.717, 1.165) is 5.56 Å². The van der Waals surface area contributed by atoms with Gasteiger partial charge in [-0.1, -0.05) is 30.3 Å². The Hall–Kier alpha value is -2.07. The SMILES string of the molecule is C[C@H](CO)Nc1ncccc1OCc1ccccc1. The van der Waals surface area contributed by atoms with Gasteiger partial charge < -0.3 is 15.2 Å². The van der Waals surface area contributed by atoms with Crippen molar-refractivity contribution in [1.29, 1.82) is 0 Å². The lowest BCUT2D eigenvalue weighted by Crippen LogP contribution is -2.20. The molecule has 100 valence electrons. The van der Waals surface area contributed by atoms with E-state index in [1.54, 1.807) is 6.20 Å². The van der Waals surface area contributed by atoms with Crippen LogP contribution in [0.3, 0.4) is 0 Å². The number of nitrogens with zero attached hydrogens (tertiary/aromatic N) is 1. The zero-order chi connectivity index (χ0) is 13.5. The second-order valence-electron chi connectivity index (χ2n) is 4.35. The normalized spacial score (nSPS) is 11.9. The highest BCUT2D eigenvalue weighted by Gasteiger charge is 2.07. The van der Waals surface area contributed by atoms with Gasteiger partial charge in [0.15, 0.2) is 11.6 Å². The summed E-state index contributed by atoms with van der Waals surface area (Å²) in [4.78, 5) is 4.23. The minimum Gasteiger partial charge on any atom is -0.485 e. The van der Waals surface area contributed by atoms with Crippen molar-refractivity contribution in [3.63, 3.8) is 0 Å². The lowest BCUT2D eigenvalue weighted by molar-refractivity contribution is 0.279. The van der Waals surface area contributed by atoms with Gasteiger partial charge in [-0.2, -0.15) is 0 Å². The van der Waals surface area contributed by atoms with Crippen molar-refractivity contribution < 1.29 is 9.84 Å². The highest BCUT2D eigenvalue weighted by atomic mass is 16.5. The van der Waals surface area contributed by atoms with Gasteiger partial charge in [0.1, 0.15) is 6.61 Å². The number of aliphatic hydroxyl groups excluding tert-OH is 1. The summed E-state index contributed by atoms with van der Waals surface area (Å²) in [5, 5.41) is 12.2. The average molecular weight is 258 g/mol. The van der Waals surface area contributed by atoms with Crippen molar-refractivity contribution in [3.8, 4) is 5.75 Å². The monoisotopic (exact) mass is 258 g/mol. The van der Waals surface area contributed by atoms with E-state index in [1.807, 2.05) is 49.4 Å². The summed E-state index contributed by atoms with van der Waals surface area (Å²) in [5.41, 5.74) is 1.10. The molecule has 2 rings (SSSR count). The minimum absolute atomic E-state index is 0.0503. The quantitative estimate of drug-likeness (QED) is 0.835. The second-order valence-corrected chi connectivity index (χ2v) is 4.35. The molecular formula is C15H18N2O2. The van der Waals surface area contributed by atoms with Crippen LogP contribution in [0.25, 0.3) is 0 Å². The van der Waals surface area contributed by atoms with E-state index >= 15 is 0 Å². The fourth-order valence-electron chi connectivity index (χ4n) is 1.63. The number of pyridine rings is 1. The van der Waals surface area contributed by atoms with Gasteiger partial charge in [0, 0.05) is 12.2 Å². The maximum atomic E-state index is 9.06. The summed E-state index contributed by atoms with van der Waals surface area (Å²) in [7, 11) is 0. The Morgan fingerprint density at radius 3 is 2.74 bits per heavy atom. The highest BCUT2D eigenvalue weighted by molar-refractivity contribution is 5.50. The fourth-order valence-corrected chi connectivity index (χ4v) is 1.63. The molecule has 0 radical (unpaired) electrons. The first-order valence-corrected chi connectivity index (χ1v) is 6.28. The molecule has 4 nitrogen and oxygen atoms in total. The summed E-state index contributed by atoms with van der Waals surface area (Å²) in [5.74, 6) is 1.34. The second kappa shape index (κ2) is 6.75. The summed E-state index contributed by atoms with van der Waals surface area (Å²) >= 11 is 0. The molecule has 19 heavy (non-hydrogen) atoms. The lowest BCUT2D eigenvalue weighted by Gasteiger charge is -2.15. The molecule has 4 heteroatoms. The number of rotatable bonds is 6. The van der Waals surface area contributed by atoms with Crippen molar-refractivity contribution >= 4 is 5.82 Å². The van der Waals surface area contributed by atoms with Crippen LogP contribution < -0.4 is 10.1 Å². The van der Waals surface area contributed by atoms with Crippen LogP contribution in [0.2, 0.25) is 0 Å². The zero-order valence-electron chi connectivity index (χ0n) is 10.9. The maximum Gasteiger partial charge on any atom is 0.169 e. The predicted octanol–water partition coefficient (Wildman–Crippen LogP) is 2.45. The van der Waals surface area contributed by atoms with Crippen LogP contribution in [-0.4, -0.2) is 22.7 Å². The van der Waals surface area contributed by atoms with E-state index in [4.69, 9.17) is 9.84 Å². The summed E-state index contributed by atoms with van der Waals surface area (Å²) in [6.07, 6.45) is 1.70. The largest absolute Gasteiger partial charge is 0.485 e. The Morgan fingerprint density at radius 1 is 1.21 bits per heavy atom. The Kier molecular flexibility index (Phi) is 4.75. The first kappa shape index (κ1) is 13.4. The molecule has 2 N–H and O–H groups in total. The van der Waals surface area contributed by atoms with Gasteiger partial charge in [0.25, 0.3) is 0 Å². The molecule has 1 aromatic carbocycles. The lowest BCUT2D eigenvalue weighted by atomic mass is 10.2. The minimum atomic E-state index is -0.0611. The first-order valence-electron chi connectivity index (χ1n) is 6.28. The van der Waals surface area contributed by atoms with Crippen molar-refractivity contribution in [2.45, 2.75) is 19.6 Å². The Balaban J connectivity index is 2.03. The number of benzene rings is 1. The van der Waals surface area contributed by atoms with Gasteiger partial charge >= 0.3 is 0 Å². The van der Waals surface area contributed by atoms with E-state index in [9.17, 15) is 0 Å². The number of aromatic nitrogens is 1. The van der Waals surface area contributed by atoms with Gasteiger partial charge in [0.2, 0.25) is 0 Å². The van der Waals surface area contributed by atoms with Gasteiger partial charge in [-0.25, -0.2) is 4.98 Å². The van der Waals surface area contributed by atoms with Gasteiger partial charge in [-0.05, 0) is 24.6 Å². The van der Waals surface area contributed by atoms with Gasteiger partial charge in [-0.15, -0.1) is 0 Å². The van der Waals surface area contributed by atoms with Crippen LogP contribution in [0.5, 0.6) is 5.75 Å². The summed E-state index contributed by atoms with van der Waals surface area (Å²) < 4.78 is 5.76. The molecule has 0 amide bonds. The number of hydrogen-bond donors (Lipinski definition) is 2. The van der Waals surface area contributed by atoms with Crippen LogP contribution in [0.15, 0.2) is 48.7 Å². The Morgan fingerprint density at radius 2 is 2.00 bits per heavy atom. The van der Waals surface area contributed by atoms with Crippen LogP contribution in [0.4, 0.5) is 5.82 Å². The summed E-state index contributed by atoms with van der Waals surface area (Å²) in [6.45, 7) is 2.43. The number of aliphatic hydroxyl groups is 1. The molecule has 0 bridgehead atoms. The third kappa shape index (κ3) is 3.96. The molecule has 2 aromatic rings. The van der Waals surface area contributed by atoms with E-state index in [0.29, 0.717) is 18.2 Å². The van der Waals surface area contributed by atoms with E-state index in [2.05, 4.69) is 10.3 Å². The molecule has 1 heterocycles. The van der Waals surface area contributed by atoms with E-state index in [1.165, 1.54) is 0 Å². The predicted molar refractivity (Wildman–Crippen MR) is 75.2 cm³/mol. The fraction of sp³-hybridized carbons (Fsp3) is 0.267. The van der Waals surface area contributed by atoms with E-state index < -0.39 is 0 Å². The van der Waals surface area contributed by atoms with Crippen LogP contribution in [0.1, 0.15) is 12.5 Å². The van der Waals surface area contributed by atoms with E-state index in [-0.39, 0.29) is 12.6 Å². The third-order valence-corrected chi connectivity index (χ3v) is 2.66. The number of hydrogen-bond acceptors (Lipinski definition) is 4. The smallest absolute Gasteiger partial charge is 0.169 e. The van der Waals surface area contributed by atoms with Crippen molar-refractivity contribution in [3.05, 3.63) is 54.2 Å². The molecule has 0 aliphatic carbocycles. The molecule has 1 atom stereocenters. The summed E-state index contributed by atoms with van der Waals surface area (Å²) in [6, 6.07) is 13.6. The third-order valence-electron chi connectivity index (χ3n) is 2.66. The molecule has 0 aliphatic rings. The maximum absolute atomic E-state index is 9.06. The molecular weight excluding hydrogens is 240 g/mol. The first-order chi connectivity index (χ1) is 9.29.